The Morgan fingerprint density at radius 2 is 2.17 bits per heavy atom. The molecule has 0 spiro atoms. The number of carbonyl (C=O) groups is 1. The summed E-state index contributed by atoms with van der Waals surface area (Å²) in [5, 5.41) is 5.71. The lowest BCUT2D eigenvalue weighted by atomic mass is 10.4. The van der Waals surface area contributed by atoms with Gasteiger partial charge >= 0.3 is 0 Å². The number of hydrogen-bond donors (Lipinski definition) is 2. The molecule has 1 aromatic rings. The summed E-state index contributed by atoms with van der Waals surface area (Å²) in [6, 6.07) is 0. The smallest absolute Gasteiger partial charge is 0.271 e. The molecule has 1 aromatic heterocycles. The van der Waals surface area contributed by atoms with Crippen molar-refractivity contribution in [2.75, 3.05) is 30.4 Å². The normalized spacial score (nSPS) is 11.9. The average Bonchev–Trinajstić information content (AvgIpc) is 2.35. The third kappa shape index (κ3) is 5.22. The zero-order chi connectivity index (χ0) is 13.4. The van der Waals surface area contributed by atoms with E-state index >= 15 is 0 Å². The molecule has 100 valence electrons. The highest BCUT2D eigenvalue weighted by atomic mass is 32.2. The zero-order valence-electron chi connectivity index (χ0n) is 10.6. The van der Waals surface area contributed by atoms with E-state index in [1.165, 1.54) is 12.4 Å². The van der Waals surface area contributed by atoms with Gasteiger partial charge in [-0.1, -0.05) is 0 Å². The first-order chi connectivity index (χ1) is 8.63. The molecule has 0 aliphatic rings. The van der Waals surface area contributed by atoms with E-state index in [1.54, 1.807) is 6.26 Å². The summed E-state index contributed by atoms with van der Waals surface area (Å²) in [6.45, 7) is 3.21. The highest BCUT2D eigenvalue weighted by molar-refractivity contribution is 7.84. The van der Waals surface area contributed by atoms with Crippen molar-refractivity contribution in [2.24, 2.45) is 0 Å². The van der Waals surface area contributed by atoms with Gasteiger partial charge in [0.05, 0.1) is 12.4 Å². The Hall–Kier alpha value is -1.50. The van der Waals surface area contributed by atoms with E-state index < -0.39 is 10.8 Å². The number of amides is 1. The highest BCUT2D eigenvalue weighted by Gasteiger charge is 2.06. The molecule has 1 unspecified atom stereocenters. The Morgan fingerprint density at radius 3 is 2.72 bits per heavy atom. The maximum Gasteiger partial charge on any atom is 0.271 e. The van der Waals surface area contributed by atoms with Crippen LogP contribution in [0.15, 0.2) is 12.4 Å². The fraction of sp³-hybridized carbons (Fsp3) is 0.545. The third-order valence-corrected chi connectivity index (χ3v) is 3.00. The number of rotatable bonds is 7. The van der Waals surface area contributed by atoms with Gasteiger partial charge in [-0.2, -0.15) is 0 Å². The second-order valence-electron chi connectivity index (χ2n) is 3.70. The molecule has 18 heavy (non-hydrogen) atoms. The van der Waals surface area contributed by atoms with Crippen LogP contribution < -0.4 is 10.6 Å². The first kappa shape index (κ1) is 14.6. The van der Waals surface area contributed by atoms with Crippen molar-refractivity contribution >= 4 is 22.5 Å². The monoisotopic (exact) mass is 270 g/mol. The van der Waals surface area contributed by atoms with Crippen LogP contribution in [0.25, 0.3) is 0 Å². The minimum Gasteiger partial charge on any atom is -0.369 e. The fourth-order valence-electron chi connectivity index (χ4n) is 1.29. The van der Waals surface area contributed by atoms with Crippen molar-refractivity contribution in [1.82, 2.24) is 15.3 Å². The van der Waals surface area contributed by atoms with E-state index in [0.717, 1.165) is 6.54 Å². The number of nitrogens with one attached hydrogen (secondary N) is 2. The molecular weight excluding hydrogens is 252 g/mol. The molecule has 1 rings (SSSR count). The van der Waals surface area contributed by atoms with Gasteiger partial charge in [0.25, 0.3) is 5.91 Å². The summed E-state index contributed by atoms with van der Waals surface area (Å²) in [5.41, 5.74) is 0.286. The summed E-state index contributed by atoms with van der Waals surface area (Å²) in [4.78, 5) is 19.7. The lowest BCUT2D eigenvalue weighted by molar-refractivity contribution is 0.0948. The molecule has 7 heteroatoms. The lowest BCUT2D eigenvalue weighted by Crippen LogP contribution is -2.26. The molecule has 1 heterocycles. The van der Waals surface area contributed by atoms with Crippen LogP contribution in [0.2, 0.25) is 0 Å². The van der Waals surface area contributed by atoms with Crippen molar-refractivity contribution in [3.8, 4) is 0 Å². The third-order valence-electron chi connectivity index (χ3n) is 2.14. The van der Waals surface area contributed by atoms with Gasteiger partial charge < -0.3 is 10.6 Å². The minimum absolute atomic E-state index is 0.257. The quantitative estimate of drug-likeness (QED) is 0.701. The van der Waals surface area contributed by atoms with Crippen LogP contribution in [-0.4, -0.2) is 45.2 Å². The molecule has 0 saturated heterocycles. The highest BCUT2D eigenvalue weighted by Crippen LogP contribution is 2.00. The Balaban J connectivity index is 2.39. The van der Waals surface area contributed by atoms with E-state index in [0.29, 0.717) is 24.5 Å². The van der Waals surface area contributed by atoms with Crippen LogP contribution in [0.3, 0.4) is 0 Å². The first-order valence-corrected chi connectivity index (χ1v) is 7.50. The molecule has 0 bridgehead atoms. The number of carbonyl (C=O) groups excluding carboxylic acids is 1. The maximum absolute atomic E-state index is 11.6. The molecule has 1 amide bonds. The van der Waals surface area contributed by atoms with Crippen LogP contribution >= 0.6 is 0 Å². The second-order valence-corrected chi connectivity index (χ2v) is 5.26. The average molecular weight is 270 g/mol. The van der Waals surface area contributed by atoms with E-state index in [9.17, 15) is 9.00 Å². The molecule has 1 atom stereocenters. The Kier molecular flexibility index (Phi) is 6.27. The first-order valence-electron chi connectivity index (χ1n) is 5.77. The molecule has 0 radical (unpaired) electrons. The van der Waals surface area contributed by atoms with Crippen molar-refractivity contribution in [3.05, 3.63) is 18.1 Å². The Bertz CT molecular complexity index is 408. The van der Waals surface area contributed by atoms with E-state index in [1.807, 2.05) is 6.92 Å². The summed E-state index contributed by atoms with van der Waals surface area (Å²) < 4.78 is 10.8. The Labute approximate surface area is 109 Å². The van der Waals surface area contributed by atoms with Crippen LogP contribution in [0.1, 0.15) is 23.8 Å². The minimum atomic E-state index is -0.818. The van der Waals surface area contributed by atoms with Crippen molar-refractivity contribution in [2.45, 2.75) is 13.3 Å². The van der Waals surface area contributed by atoms with E-state index in [2.05, 4.69) is 20.6 Å². The molecule has 6 nitrogen and oxygen atoms in total. The SMILES string of the molecule is CCNc1cnc(C(=O)NCCCS(C)=O)cn1. The van der Waals surface area contributed by atoms with Crippen molar-refractivity contribution in [1.29, 1.82) is 0 Å². The van der Waals surface area contributed by atoms with Gasteiger partial charge in [-0.05, 0) is 13.3 Å². The zero-order valence-corrected chi connectivity index (χ0v) is 11.4. The summed E-state index contributed by atoms with van der Waals surface area (Å²) in [5.74, 6) is 0.980. The van der Waals surface area contributed by atoms with Gasteiger partial charge in [-0.25, -0.2) is 9.97 Å². The van der Waals surface area contributed by atoms with Crippen molar-refractivity contribution in [3.63, 3.8) is 0 Å². The largest absolute Gasteiger partial charge is 0.369 e. The number of nitrogens with zero attached hydrogens (tertiary/aromatic N) is 2. The number of anilines is 1. The number of aromatic nitrogens is 2. The van der Waals surface area contributed by atoms with Crippen molar-refractivity contribution < 1.29 is 9.00 Å². The van der Waals surface area contributed by atoms with Gasteiger partial charge in [-0.3, -0.25) is 9.00 Å². The van der Waals surface area contributed by atoms with Gasteiger partial charge in [-0.15, -0.1) is 0 Å². The van der Waals surface area contributed by atoms with Gasteiger partial charge in [0.15, 0.2) is 0 Å². The number of hydrogen-bond acceptors (Lipinski definition) is 5. The predicted molar refractivity (Wildman–Crippen MR) is 72.1 cm³/mol. The van der Waals surface area contributed by atoms with Gasteiger partial charge in [0.2, 0.25) is 0 Å². The standard InChI is InChI=1S/C11H18N4O2S/c1-3-12-10-8-14-9(7-15-10)11(16)13-5-4-6-18(2)17/h7-8H,3-6H2,1-2H3,(H,12,15)(H,13,16). The molecule has 0 aliphatic carbocycles. The lowest BCUT2D eigenvalue weighted by Gasteiger charge is -2.05. The van der Waals surface area contributed by atoms with Crippen LogP contribution in [0.4, 0.5) is 5.82 Å². The molecular formula is C11H18N4O2S. The van der Waals surface area contributed by atoms with Crippen LogP contribution in [0.5, 0.6) is 0 Å². The fourth-order valence-corrected chi connectivity index (χ4v) is 1.84. The predicted octanol–water partition coefficient (Wildman–Crippen LogP) is 0.407. The van der Waals surface area contributed by atoms with Crippen LogP contribution in [-0.2, 0) is 10.8 Å². The van der Waals surface area contributed by atoms with Gasteiger partial charge in [0.1, 0.15) is 11.5 Å². The van der Waals surface area contributed by atoms with E-state index in [4.69, 9.17) is 0 Å². The molecule has 0 aliphatic heterocycles. The Morgan fingerprint density at radius 1 is 1.39 bits per heavy atom. The maximum atomic E-state index is 11.6. The van der Waals surface area contributed by atoms with E-state index in [-0.39, 0.29) is 11.6 Å². The van der Waals surface area contributed by atoms with Gasteiger partial charge in [0, 0.05) is 35.9 Å². The molecule has 2 N–H and O–H groups in total. The summed E-state index contributed by atoms with van der Waals surface area (Å²) in [6.07, 6.45) is 5.30. The second kappa shape index (κ2) is 7.75. The summed E-state index contributed by atoms with van der Waals surface area (Å²) in [7, 11) is -0.818. The van der Waals surface area contributed by atoms with Crippen LogP contribution in [0, 0.1) is 0 Å². The molecule has 0 fully saturated rings. The topological polar surface area (TPSA) is 84.0 Å². The molecule has 0 saturated carbocycles. The molecule has 0 aromatic carbocycles. The summed E-state index contributed by atoms with van der Waals surface area (Å²) >= 11 is 0.